The van der Waals surface area contributed by atoms with E-state index in [1.807, 2.05) is 20.8 Å². The van der Waals surface area contributed by atoms with Crippen LogP contribution < -0.4 is 0 Å². The first-order valence-electron chi connectivity index (χ1n) is 13.0. The normalized spacial score (nSPS) is 46.4. The number of carbonyl (C=O) groups excluding carboxylic acids is 4. The van der Waals surface area contributed by atoms with Gasteiger partial charge < -0.3 is 9.84 Å². The van der Waals surface area contributed by atoms with Gasteiger partial charge in [-0.15, -0.1) is 0 Å². The summed E-state index contributed by atoms with van der Waals surface area (Å²) in [5, 5.41) is 11.6. The molecule has 0 heterocycles. The van der Waals surface area contributed by atoms with E-state index in [2.05, 4.69) is 20.8 Å². The van der Waals surface area contributed by atoms with Crippen LogP contribution in [0.3, 0.4) is 0 Å². The third kappa shape index (κ3) is 3.16. The molecule has 4 fully saturated rings. The molecule has 6 heteroatoms. The van der Waals surface area contributed by atoms with E-state index >= 15 is 0 Å². The molecule has 1 N–H and O–H groups in total. The molecule has 190 valence electrons. The Morgan fingerprint density at radius 1 is 1.09 bits per heavy atom. The molecule has 0 amide bonds. The van der Waals surface area contributed by atoms with Crippen molar-refractivity contribution in [3.05, 3.63) is 0 Å². The van der Waals surface area contributed by atoms with Crippen LogP contribution in [0.25, 0.3) is 0 Å². The molecule has 0 aromatic heterocycles. The minimum absolute atomic E-state index is 0.0322. The largest absolute Gasteiger partial charge is 0.469 e. The Morgan fingerprint density at radius 3 is 2.35 bits per heavy atom. The highest BCUT2D eigenvalue weighted by molar-refractivity contribution is 5.96. The van der Waals surface area contributed by atoms with Crippen molar-refractivity contribution in [3.63, 3.8) is 0 Å². The van der Waals surface area contributed by atoms with Gasteiger partial charge in [0, 0.05) is 48.3 Å². The number of Topliss-reactive ketones (excluding diaryl/α,β-unsaturated/α-hetero) is 3. The fraction of sp³-hybridized carbons (Fsp3) is 0.857. The summed E-state index contributed by atoms with van der Waals surface area (Å²) in [5.74, 6) is -0.910. The smallest absolute Gasteiger partial charge is 0.305 e. The molecule has 4 saturated carbocycles. The monoisotopic (exact) mass is 474 g/mol. The van der Waals surface area contributed by atoms with Gasteiger partial charge in [0.05, 0.1) is 13.2 Å². The van der Waals surface area contributed by atoms with Crippen LogP contribution in [0.1, 0.15) is 86.5 Å². The van der Waals surface area contributed by atoms with Crippen LogP contribution in [0.2, 0.25) is 0 Å². The van der Waals surface area contributed by atoms with Gasteiger partial charge in [-0.05, 0) is 47.8 Å². The summed E-state index contributed by atoms with van der Waals surface area (Å²) in [6.07, 6.45) is 2.47. The molecular formula is C28H42O6. The molecule has 6 nitrogen and oxygen atoms in total. The third-order valence-corrected chi connectivity index (χ3v) is 11.5. The fourth-order valence-corrected chi connectivity index (χ4v) is 9.28. The molecule has 0 aromatic carbocycles. The zero-order chi connectivity index (χ0) is 25.4. The third-order valence-electron chi connectivity index (χ3n) is 11.5. The molecule has 34 heavy (non-hydrogen) atoms. The lowest BCUT2D eigenvalue weighted by Gasteiger charge is -2.65. The number of aliphatic hydroxyl groups excluding tert-OH is 1. The lowest BCUT2D eigenvalue weighted by Crippen LogP contribution is -2.68. The predicted molar refractivity (Wildman–Crippen MR) is 127 cm³/mol. The fourth-order valence-electron chi connectivity index (χ4n) is 9.28. The summed E-state index contributed by atoms with van der Waals surface area (Å²) in [6, 6.07) is 0. The number of rotatable bonds is 4. The molecule has 0 aliphatic heterocycles. The highest BCUT2D eigenvalue weighted by atomic mass is 16.5. The van der Waals surface area contributed by atoms with Gasteiger partial charge in [-0.1, -0.05) is 41.5 Å². The topological polar surface area (TPSA) is 97.7 Å². The first-order chi connectivity index (χ1) is 15.7. The van der Waals surface area contributed by atoms with Crippen molar-refractivity contribution in [2.75, 3.05) is 7.11 Å². The first-order valence-corrected chi connectivity index (χ1v) is 13.0. The van der Waals surface area contributed by atoms with E-state index in [-0.39, 0.29) is 41.1 Å². The standard InChI is InChI=1S/C28H42O6/c1-15(8-9-22(33)34-7)16-12-21(32)28(6)24-17(29)13-19-25(2,3)20(31)10-11-26(19,4)23(24)18(30)14-27(16,28)5/h15-16,19,21,23-24,32H,8-14H2,1-7H3/t15?,16-,19?,21+,23?,24?,26+,27-,28+/m1/s1. The lowest BCUT2D eigenvalue weighted by atomic mass is 9.37. The first kappa shape index (κ1) is 25.5. The second kappa shape index (κ2) is 7.97. The van der Waals surface area contributed by atoms with Gasteiger partial charge in [-0.3, -0.25) is 19.2 Å². The minimum Gasteiger partial charge on any atom is -0.469 e. The van der Waals surface area contributed by atoms with Gasteiger partial charge in [-0.2, -0.15) is 0 Å². The molecule has 0 spiro atoms. The molecule has 4 aliphatic carbocycles. The highest BCUT2D eigenvalue weighted by Crippen LogP contribution is 2.73. The number of hydrogen-bond donors (Lipinski definition) is 1. The summed E-state index contributed by atoms with van der Waals surface area (Å²) in [7, 11) is 1.38. The summed E-state index contributed by atoms with van der Waals surface area (Å²) < 4.78 is 4.81. The number of esters is 1. The zero-order valence-electron chi connectivity index (χ0n) is 21.9. The Morgan fingerprint density at radius 2 is 1.74 bits per heavy atom. The van der Waals surface area contributed by atoms with E-state index in [1.54, 1.807) is 0 Å². The molecule has 4 rings (SSSR count). The number of fused-ring (bicyclic) bond motifs is 5. The van der Waals surface area contributed by atoms with Crippen molar-refractivity contribution in [1.29, 1.82) is 0 Å². The number of carbonyl (C=O) groups is 4. The van der Waals surface area contributed by atoms with E-state index in [0.29, 0.717) is 44.9 Å². The van der Waals surface area contributed by atoms with Crippen molar-refractivity contribution < 1.29 is 29.0 Å². The maximum Gasteiger partial charge on any atom is 0.305 e. The molecule has 4 aliphatic rings. The molecule has 0 radical (unpaired) electrons. The van der Waals surface area contributed by atoms with E-state index in [9.17, 15) is 24.3 Å². The zero-order valence-corrected chi connectivity index (χ0v) is 21.9. The molecular weight excluding hydrogens is 432 g/mol. The SMILES string of the molecule is COC(=O)CCC(C)[C@H]1C[C@H](O)[C@@]2(C)C3C(=O)CC4C(C)(C)C(=O)CC[C@]4(C)C3C(=O)C[C@]12C. The van der Waals surface area contributed by atoms with Gasteiger partial charge in [0.1, 0.15) is 17.3 Å². The Balaban J connectivity index is 1.74. The van der Waals surface area contributed by atoms with Crippen molar-refractivity contribution in [2.24, 2.45) is 51.2 Å². The van der Waals surface area contributed by atoms with Crippen LogP contribution in [0.15, 0.2) is 0 Å². The average Bonchev–Trinajstić information content (AvgIpc) is 2.97. The number of hydrogen-bond acceptors (Lipinski definition) is 6. The number of methoxy groups -OCH3 is 1. The van der Waals surface area contributed by atoms with Crippen molar-refractivity contribution in [1.82, 2.24) is 0 Å². The number of ether oxygens (including phenoxy) is 1. The van der Waals surface area contributed by atoms with Crippen LogP contribution in [-0.2, 0) is 23.9 Å². The van der Waals surface area contributed by atoms with Gasteiger partial charge >= 0.3 is 5.97 Å². The lowest BCUT2D eigenvalue weighted by molar-refractivity contribution is -0.199. The summed E-state index contributed by atoms with van der Waals surface area (Å²) in [6.45, 7) is 12.2. The average molecular weight is 475 g/mol. The summed E-state index contributed by atoms with van der Waals surface area (Å²) >= 11 is 0. The van der Waals surface area contributed by atoms with E-state index in [1.165, 1.54) is 7.11 Å². The Kier molecular flexibility index (Phi) is 5.99. The molecule has 4 unspecified atom stereocenters. The van der Waals surface area contributed by atoms with Crippen molar-refractivity contribution in [3.8, 4) is 0 Å². The maximum absolute atomic E-state index is 14.0. The summed E-state index contributed by atoms with van der Waals surface area (Å²) in [5.41, 5.74) is -2.30. The van der Waals surface area contributed by atoms with Crippen LogP contribution in [0.4, 0.5) is 0 Å². The second-order valence-electron chi connectivity index (χ2n) is 13.1. The van der Waals surface area contributed by atoms with E-state index < -0.39 is 39.6 Å². The predicted octanol–water partition coefficient (Wildman–Crippen LogP) is 4.16. The van der Waals surface area contributed by atoms with Crippen LogP contribution in [0.5, 0.6) is 0 Å². The quantitative estimate of drug-likeness (QED) is 0.615. The molecule has 9 atom stereocenters. The van der Waals surface area contributed by atoms with Crippen LogP contribution in [0, 0.1) is 51.2 Å². The maximum atomic E-state index is 14.0. The highest BCUT2D eigenvalue weighted by Gasteiger charge is 2.74. The number of aliphatic hydroxyl groups is 1. The van der Waals surface area contributed by atoms with Crippen molar-refractivity contribution in [2.45, 2.75) is 92.6 Å². The van der Waals surface area contributed by atoms with Gasteiger partial charge in [-0.25, -0.2) is 0 Å². The van der Waals surface area contributed by atoms with Crippen LogP contribution in [-0.4, -0.2) is 41.6 Å². The van der Waals surface area contributed by atoms with Gasteiger partial charge in [0.15, 0.2) is 0 Å². The Labute approximate surface area is 203 Å². The Hall–Kier alpha value is -1.56. The van der Waals surface area contributed by atoms with Crippen LogP contribution >= 0.6 is 0 Å². The Bertz CT molecular complexity index is 922. The summed E-state index contributed by atoms with van der Waals surface area (Å²) in [4.78, 5) is 52.5. The molecule has 0 bridgehead atoms. The van der Waals surface area contributed by atoms with Gasteiger partial charge in [0.25, 0.3) is 0 Å². The number of ketones is 3. The van der Waals surface area contributed by atoms with Gasteiger partial charge in [0.2, 0.25) is 0 Å². The molecule has 0 aromatic rings. The van der Waals surface area contributed by atoms with Crippen molar-refractivity contribution >= 4 is 23.3 Å². The second-order valence-corrected chi connectivity index (χ2v) is 13.1. The molecule has 0 saturated heterocycles. The van der Waals surface area contributed by atoms with E-state index in [0.717, 1.165) is 0 Å². The minimum atomic E-state index is -0.716. The van der Waals surface area contributed by atoms with E-state index in [4.69, 9.17) is 4.74 Å².